The van der Waals surface area contributed by atoms with Crippen LogP contribution in [0.4, 0.5) is 0 Å². The Hall–Kier alpha value is -3.02. The second-order valence-electron chi connectivity index (χ2n) is 5.36. The van der Waals surface area contributed by atoms with E-state index in [1.807, 2.05) is 19.1 Å². The minimum absolute atomic E-state index is 0.0882. The van der Waals surface area contributed by atoms with Crippen molar-refractivity contribution < 1.29 is 13.9 Å². The molecule has 24 heavy (non-hydrogen) atoms. The highest BCUT2D eigenvalue weighted by atomic mass is 16.5. The number of nitrogens with one attached hydrogen (secondary N) is 1. The fraction of sp³-hybridized carbons (Fsp3) is 0.222. The van der Waals surface area contributed by atoms with E-state index in [1.54, 1.807) is 36.0 Å². The first kappa shape index (κ1) is 15.9. The first-order valence-electron chi connectivity index (χ1n) is 7.67. The molecule has 1 N–H and O–H groups in total. The Morgan fingerprint density at radius 2 is 2.17 bits per heavy atom. The molecule has 0 radical (unpaired) electrons. The van der Waals surface area contributed by atoms with Crippen LogP contribution in [0.3, 0.4) is 0 Å². The molecule has 0 unspecified atom stereocenters. The van der Waals surface area contributed by atoms with Gasteiger partial charge in [0.2, 0.25) is 5.43 Å². The monoisotopic (exact) mass is 326 g/mol. The van der Waals surface area contributed by atoms with E-state index in [2.05, 4.69) is 5.32 Å². The van der Waals surface area contributed by atoms with E-state index in [0.717, 1.165) is 5.52 Å². The predicted molar refractivity (Wildman–Crippen MR) is 90.2 cm³/mol. The van der Waals surface area contributed by atoms with Crippen LogP contribution in [0.25, 0.3) is 10.9 Å². The molecule has 0 atom stereocenters. The molecule has 0 fully saturated rings. The number of benzene rings is 1. The van der Waals surface area contributed by atoms with E-state index >= 15 is 0 Å². The highest BCUT2D eigenvalue weighted by molar-refractivity contribution is 5.97. The summed E-state index contributed by atoms with van der Waals surface area (Å²) in [5.74, 6) is 0.797. The normalized spacial score (nSPS) is 10.8. The SMILES string of the molecule is CCOc1ccc2c(c1)c(=O)c(C(=O)NCc1ccco1)cn2C. The van der Waals surface area contributed by atoms with Gasteiger partial charge in [-0.05, 0) is 37.3 Å². The summed E-state index contributed by atoms with van der Waals surface area (Å²) in [6.45, 7) is 2.61. The highest BCUT2D eigenvalue weighted by Gasteiger charge is 2.15. The summed E-state index contributed by atoms with van der Waals surface area (Å²) in [6.07, 6.45) is 3.08. The third kappa shape index (κ3) is 3.03. The van der Waals surface area contributed by atoms with Crippen molar-refractivity contribution in [2.75, 3.05) is 6.61 Å². The smallest absolute Gasteiger partial charge is 0.257 e. The summed E-state index contributed by atoms with van der Waals surface area (Å²) in [5.41, 5.74) is 0.512. The molecule has 124 valence electrons. The van der Waals surface area contributed by atoms with E-state index < -0.39 is 5.91 Å². The van der Waals surface area contributed by atoms with E-state index in [4.69, 9.17) is 9.15 Å². The molecular weight excluding hydrogens is 308 g/mol. The number of carbonyl (C=O) groups excluding carboxylic acids is 1. The molecule has 0 aliphatic rings. The van der Waals surface area contributed by atoms with Gasteiger partial charge in [0, 0.05) is 13.2 Å². The maximum atomic E-state index is 12.7. The lowest BCUT2D eigenvalue weighted by Gasteiger charge is -2.11. The number of fused-ring (bicyclic) bond motifs is 1. The number of amides is 1. The van der Waals surface area contributed by atoms with Crippen LogP contribution >= 0.6 is 0 Å². The van der Waals surface area contributed by atoms with Crippen molar-refractivity contribution in [2.45, 2.75) is 13.5 Å². The molecule has 0 aliphatic carbocycles. The number of aromatic nitrogens is 1. The molecule has 2 aromatic heterocycles. The third-order valence-corrected chi connectivity index (χ3v) is 3.72. The first-order chi connectivity index (χ1) is 11.6. The molecule has 1 aromatic carbocycles. The molecule has 1 amide bonds. The number of hydrogen-bond donors (Lipinski definition) is 1. The van der Waals surface area contributed by atoms with Crippen LogP contribution in [0.1, 0.15) is 23.0 Å². The van der Waals surface area contributed by atoms with Crippen LogP contribution in [0.2, 0.25) is 0 Å². The van der Waals surface area contributed by atoms with Crippen molar-refractivity contribution >= 4 is 16.8 Å². The lowest BCUT2D eigenvalue weighted by molar-refractivity contribution is 0.0946. The summed E-state index contributed by atoms with van der Waals surface area (Å²) in [4.78, 5) is 25.1. The number of hydrogen-bond acceptors (Lipinski definition) is 4. The standard InChI is InChI=1S/C18H18N2O4/c1-3-23-12-6-7-16-14(9-12)17(21)15(11-20(16)2)18(22)19-10-13-5-4-8-24-13/h4-9,11H,3,10H2,1-2H3,(H,19,22). The van der Waals surface area contributed by atoms with Gasteiger partial charge >= 0.3 is 0 Å². The molecule has 0 spiro atoms. The number of pyridine rings is 1. The van der Waals surface area contributed by atoms with Crippen molar-refractivity contribution in [1.82, 2.24) is 9.88 Å². The fourth-order valence-corrected chi connectivity index (χ4v) is 2.57. The molecule has 6 nitrogen and oxygen atoms in total. The molecular formula is C18H18N2O4. The van der Waals surface area contributed by atoms with E-state index in [9.17, 15) is 9.59 Å². The van der Waals surface area contributed by atoms with Crippen molar-refractivity contribution in [2.24, 2.45) is 7.05 Å². The summed E-state index contributed by atoms with van der Waals surface area (Å²) in [6, 6.07) is 8.79. The van der Waals surface area contributed by atoms with Crippen LogP contribution in [-0.4, -0.2) is 17.1 Å². The minimum Gasteiger partial charge on any atom is -0.494 e. The summed E-state index contributed by atoms with van der Waals surface area (Å²) in [7, 11) is 1.80. The number of aryl methyl sites for hydroxylation is 1. The van der Waals surface area contributed by atoms with Gasteiger partial charge in [0.25, 0.3) is 5.91 Å². The Morgan fingerprint density at radius 1 is 1.33 bits per heavy atom. The molecule has 3 aromatic rings. The van der Waals surface area contributed by atoms with Crippen LogP contribution in [0, 0.1) is 0 Å². The number of nitrogens with zero attached hydrogens (tertiary/aromatic N) is 1. The summed E-state index contributed by atoms with van der Waals surface area (Å²) >= 11 is 0. The Balaban J connectivity index is 1.96. The van der Waals surface area contributed by atoms with Gasteiger partial charge in [-0.3, -0.25) is 9.59 Å². The van der Waals surface area contributed by atoms with Gasteiger partial charge in [-0.1, -0.05) is 0 Å². The average Bonchev–Trinajstić information content (AvgIpc) is 3.09. The van der Waals surface area contributed by atoms with Gasteiger partial charge in [0.1, 0.15) is 17.1 Å². The fourth-order valence-electron chi connectivity index (χ4n) is 2.57. The molecule has 6 heteroatoms. The zero-order chi connectivity index (χ0) is 17.1. The van der Waals surface area contributed by atoms with E-state index in [-0.39, 0.29) is 17.5 Å². The highest BCUT2D eigenvalue weighted by Crippen LogP contribution is 2.18. The van der Waals surface area contributed by atoms with Gasteiger partial charge in [-0.15, -0.1) is 0 Å². The van der Waals surface area contributed by atoms with Crippen LogP contribution in [0.15, 0.2) is 52.0 Å². The van der Waals surface area contributed by atoms with Crippen molar-refractivity contribution in [3.8, 4) is 5.75 Å². The van der Waals surface area contributed by atoms with E-state index in [0.29, 0.717) is 23.5 Å². The maximum absolute atomic E-state index is 12.7. The van der Waals surface area contributed by atoms with E-state index in [1.165, 1.54) is 6.26 Å². The van der Waals surface area contributed by atoms with Crippen molar-refractivity contribution in [1.29, 1.82) is 0 Å². The molecule has 0 saturated carbocycles. The van der Waals surface area contributed by atoms with Crippen LogP contribution in [-0.2, 0) is 13.6 Å². The Kier molecular flexibility index (Phi) is 4.37. The van der Waals surface area contributed by atoms with Crippen LogP contribution < -0.4 is 15.5 Å². The second-order valence-corrected chi connectivity index (χ2v) is 5.36. The largest absolute Gasteiger partial charge is 0.494 e. The van der Waals surface area contributed by atoms with Gasteiger partial charge in [-0.2, -0.15) is 0 Å². The maximum Gasteiger partial charge on any atom is 0.257 e. The van der Waals surface area contributed by atoms with Gasteiger partial charge in [0.05, 0.1) is 30.3 Å². The number of carbonyl (C=O) groups is 1. The lowest BCUT2D eigenvalue weighted by Crippen LogP contribution is -2.29. The average molecular weight is 326 g/mol. The summed E-state index contributed by atoms with van der Waals surface area (Å²) in [5, 5.41) is 3.15. The van der Waals surface area contributed by atoms with Gasteiger partial charge < -0.3 is 19.0 Å². The Morgan fingerprint density at radius 3 is 2.88 bits per heavy atom. The number of rotatable bonds is 5. The zero-order valence-corrected chi connectivity index (χ0v) is 13.5. The minimum atomic E-state index is -0.435. The summed E-state index contributed by atoms with van der Waals surface area (Å²) < 4.78 is 12.4. The zero-order valence-electron chi connectivity index (χ0n) is 13.5. The third-order valence-electron chi connectivity index (χ3n) is 3.72. The quantitative estimate of drug-likeness (QED) is 0.781. The molecule has 2 heterocycles. The molecule has 0 saturated heterocycles. The second kappa shape index (κ2) is 6.62. The van der Waals surface area contributed by atoms with Gasteiger partial charge in [-0.25, -0.2) is 0 Å². The first-order valence-corrected chi connectivity index (χ1v) is 7.67. The molecule has 3 rings (SSSR count). The topological polar surface area (TPSA) is 73.5 Å². The lowest BCUT2D eigenvalue weighted by atomic mass is 10.1. The van der Waals surface area contributed by atoms with Crippen LogP contribution in [0.5, 0.6) is 5.75 Å². The van der Waals surface area contributed by atoms with Crippen molar-refractivity contribution in [3.05, 3.63) is 64.3 Å². The molecule has 0 aliphatic heterocycles. The Labute approximate surface area is 138 Å². The van der Waals surface area contributed by atoms with Gasteiger partial charge in [0.15, 0.2) is 0 Å². The number of ether oxygens (including phenoxy) is 1. The van der Waals surface area contributed by atoms with Crippen molar-refractivity contribution in [3.63, 3.8) is 0 Å². The molecule has 0 bridgehead atoms. The Bertz CT molecular complexity index is 926. The predicted octanol–water partition coefficient (Wildman–Crippen LogP) is 2.46. The number of furan rings is 1.